The van der Waals surface area contributed by atoms with Gasteiger partial charge in [0.25, 0.3) is 0 Å². The number of benzene rings is 1. The molecule has 2 amide bonds. The topological polar surface area (TPSA) is 49.9 Å². The number of amides is 2. The maximum absolute atomic E-state index is 12.6. The van der Waals surface area contributed by atoms with Gasteiger partial charge in [0.1, 0.15) is 12.5 Å². The first-order chi connectivity index (χ1) is 11.7. The van der Waals surface area contributed by atoms with Crippen LogP contribution in [0.3, 0.4) is 0 Å². The minimum Gasteiger partial charge on any atom is -0.445 e. The molecule has 130 valence electrons. The average molecular weight is 351 g/mol. The molecule has 5 nitrogen and oxygen atoms in total. The Morgan fingerprint density at radius 1 is 1.17 bits per heavy atom. The number of piperidine rings is 1. The number of halogens is 1. The highest BCUT2D eigenvalue weighted by molar-refractivity contribution is 6.27. The van der Waals surface area contributed by atoms with Gasteiger partial charge in [-0.2, -0.15) is 0 Å². The van der Waals surface area contributed by atoms with Crippen LogP contribution in [0.1, 0.15) is 31.2 Å². The van der Waals surface area contributed by atoms with Crippen LogP contribution in [0.2, 0.25) is 0 Å². The second kappa shape index (κ2) is 7.88. The number of nitrogens with zero attached hydrogens (tertiary/aromatic N) is 2. The van der Waals surface area contributed by atoms with Crippen molar-refractivity contribution in [1.29, 1.82) is 0 Å². The fraction of sp³-hybridized carbons (Fsp3) is 0.556. The maximum atomic E-state index is 12.6. The second-order valence-corrected chi connectivity index (χ2v) is 6.72. The Morgan fingerprint density at radius 2 is 1.92 bits per heavy atom. The van der Waals surface area contributed by atoms with Crippen molar-refractivity contribution in [1.82, 2.24) is 9.80 Å². The largest absolute Gasteiger partial charge is 0.445 e. The third-order valence-electron chi connectivity index (χ3n) is 4.61. The molecule has 1 saturated heterocycles. The molecule has 0 N–H and O–H groups in total. The molecule has 1 aliphatic heterocycles. The van der Waals surface area contributed by atoms with Crippen LogP contribution in [0.5, 0.6) is 0 Å². The van der Waals surface area contributed by atoms with E-state index in [-0.39, 0.29) is 36.6 Å². The summed E-state index contributed by atoms with van der Waals surface area (Å²) in [5.74, 6) is -0.0658. The number of hydrogen-bond acceptors (Lipinski definition) is 3. The van der Waals surface area contributed by atoms with Crippen molar-refractivity contribution in [2.45, 2.75) is 44.4 Å². The lowest BCUT2D eigenvalue weighted by Crippen LogP contribution is -2.52. The molecule has 24 heavy (non-hydrogen) atoms. The van der Waals surface area contributed by atoms with E-state index in [9.17, 15) is 9.59 Å². The fourth-order valence-electron chi connectivity index (χ4n) is 3.24. The first-order valence-electron chi connectivity index (χ1n) is 8.52. The SMILES string of the molecule is O=C(CCl)N1CCC[C@@H](N(C(=O)OCc2ccccc2)C2CC2)C1. The Kier molecular flexibility index (Phi) is 5.61. The van der Waals surface area contributed by atoms with E-state index < -0.39 is 0 Å². The number of likely N-dealkylation sites (tertiary alicyclic amines) is 1. The summed E-state index contributed by atoms with van der Waals surface area (Å²) < 4.78 is 5.52. The molecule has 0 unspecified atom stereocenters. The normalized spacial score (nSPS) is 20.5. The first kappa shape index (κ1) is 17.1. The van der Waals surface area contributed by atoms with Crippen molar-refractivity contribution in [3.05, 3.63) is 35.9 Å². The van der Waals surface area contributed by atoms with Gasteiger partial charge in [0.05, 0.1) is 6.04 Å². The molecule has 0 spiro atoms. The van der Waals surface area contributed by atoms with Gasteiger partial charge in [0.2, 0.25) is 5.91 Å². The monoisotopic (exact) mass is 350 g/mol. The molecular formula is C18H23ClN2O3. The Morgan fingerprint density at radius 3 is 2.58 bits per heavy atom. The highest BCUT2D eigenvalue weighted by atomic mass is 35.5. The average Bonchev–Trinajstić information content (AvgIpc) is 3.45. The van der Waals surface area contributed by atoms with Crippen molar-refractivity contribution in [3.63, 3.8) is 0 Å². The van der Waals surface area contributed by atoms with Crippen molar-refractivity contribution >= 4 is 23.6 Å². The minimum absolute atomic E-state index is 0.00535. The summed E-state index contributed by atoms with van der Waals surface area (Å²) in [5, 5.41) is 0. The number of ether oxygens (including phenoxy) is 1. The van der Waals surface area contributed by atoms with Gasteiger partial charge in [-0.25, -0.2) is 4.79 Å². The van der Waals surface area contributed by atoms with Gasteiger partial charge in [0, 0.05) is 19.1 Å². The molecule has 0 radical (unpaired) electrons. The van der Waals surface area contributed by atoms with Crippen molar-refractivity contribution in [3.8, 4) is 0 Å². The van der Waals surface area contributed by atoms with Crippen LogP contribution in [0, 0.1) is 0 Å². The first-order valence-corrected chi connectivity index (χ1v) is 9.05. The van der Waals surface area contributed by atoms with Gasteiger partial charge < -0.3 is 14.5 Å². The summed E-state index contributed by atoms with van der Waals surface area (Å²) in [6.07, 6.45) is 3.55. The van der Waals surface area contributed by atoms with E-state index in [1.54, 1.807) is 4.90 Å². The standard InChI is InChI=1S/C18H23ClN2O3/c19-11-17(22)20-10-4-7-16(12-20)21(15-8-9-15)18(23)24-13-14-5-2-1-3-6-14/h1-3,5-6,15-16H,4,7-13H2/t16-/m1/s1. The summed E-state index contributed by atoms with van der Waals surface area (Å²) in [5.41, 5.74) is 0.976. The number of alkyl halides is 1. The Bertz CT molecular complexity index is 577. The molecule has 2 fully saturated rings. The van der Waals surface area contributed by atoms with E-state index in [0.717, 1.165) is 37.8 Å². The Balaban J connectivity index is 1.61. The maximum Gasteiger partial charge on any atom is 0.410 e. The van der Waals surface area contributed by atoms with Gasteiger partial charge in [-0.3, -0.25) is 4.79 Å². The zero-order chi connectivity index (χ0) is 16.9. The predicted octanol–water partition coefficient (Wildman–Crippen LogP) is 3.02. The lowest BCUT2D eigenvalue weighted by molar-refractivity contribution is -0.130. The van der Waals surface area contributed by atoms with Gasteiger partial charge >= 0.3 is 6.09 Å². The molecule has 3 rings (SSSR count). The summed E-state index contributed by atoms with van der Waals surface area (Å²) >= 11 is 5.67. The summed E-state index contributed by atoms with van der Waals surface area (Å²) in [4.78, 5) is 28.1. The molecule has 0 bridgehead atoms. The van der Waals surface area contributed by atoms with E-state index in [1.165, 1.54) is 0 Å². The van der Waals surface area contributed by atoms with E-state index in [1.807, 2.05) is 35.2 Å². The zero-order valence-corrected chi connectivity index (χ0v) is 14.5. The van der Waals surface area contributed by atoms with E-state index in [0.29, 0.717) is 6.54 Å². The molecule has 1 atom stereocenters. The van der Waals surface area contributed by atoms with Gasteiger partial charge in [0.15, 0.2) is 0 Å². The predicted molar refractivity (Wildman–Crippen MR) is 91.8 cm³/mol. The van der Waals surface area contributed by atoms with Crippen LogP contribution in [0.15, 0.2) is 30.3 Å². The minimum atomic E-state index is -0.272. The summed E-state index contributed by atoms with van der Waals surface area (Å²) in [6, 6.07) is 9.96. The third kappa shape index (κ3) is 4.20. The molecule has 1 heterocycles. The van der Waals surface area contributed by atoms with Crippen LogP contribution in [0.25, 0.3) is 0 Å². The fourth-order valence-corrected chi connectivity index (χ4v) is 3.40. The highest BCUT2D eigenvalue weighted by Crippen LogP contribution is 2.32. The van der Waals surface area contributed by atoms with Crippen LogP contribution in [-0.2, 0) is 16.1 Å². The van der Waals surface area contributed by atoms with Crippen LogP contribution >= 0.6 is 11.6 Å². The Labute approximate surface area is 147 Å². The third-order valence-corrected chi connectivity index (χ3v) is 4.84. The summed E-state index contributed by atoms with van der Waals surface area (Å²) in [7, 11) is 0. The van der Waals surface area contributed by atoms with E-state index in [4.69, 9.17) is 16.3 Å². The molecule has 1 aromatic rings. The van der Waals surface area contributed by atoms with Gasteiger partial charge in [-0.1, -0.05) is 30.3 Å². The molecule has 6 heteroatoms. The lowest BCUT2D eigenvalue weighted by atomic mass is 10.0. The van der Waals surface area contributed by atoms with Crippen molar-refractivity contribution in [2.75, 3.05) is 19.0 Å². The summed E-state index contributed by atoms with van der Waals surface area (Å²) in [6.45, 7) is 1.56. The Hall–Kier alpha value is -1.75. The number of hydrogen-bond donors (Lipinski definition) is 0. The number of rotatable bonds is 5. The molecule has 1 aliphatic carbocycles. The molecule has 1 saturated carbocycles. The lowest BCUT2D eigenvalue weighted by Gasteiger charge is -2.38. The highest BCUT2D eigenvalue weighted by Gasteiger charge is 2.40. The number of carbonyl (C=O) groups excluding carboxylic acids is 2. The smallest absolute Gasteiger partial charge is 0.410 e. The zero-order valence-electron chi connectivity index (χ0n) is 13.7. The van der Waals surface area contributed by atoms with E-state index >= 15 is 0 Å². The van der Waals surface area contributed by atoms with Gasteiger partial charge in [-0.15, -0.1) is 11.6 Å². The van der Waals surface area contributed by atoms with Crippen LogP contribution in [-0.4, -0.2) is 52.9 Å². The molecule has 0 aromatic heterocycles. The van der Waals surface area contributed by atoms with Crippen molar-refractivity contribution < 1.29 is 14.3 Å². The molecular weight excluding hydrogens is 328 g/mol. The van der Waals surface area contributed by atoms with Crippen molar-refractivity contribution in [2.24, 2.45) is 0 Å². The van der Waals surface area contributed by atoms with E-state index in [2.05, 4.69) is 0 Å². The number of carbonyl (C=O) groups is 2. The quantitative estimate of drug-likeness (QED) is 0.767. The van der Waals surface area contributed by atoms with Crippen LogP contribution < -0.4 is 0 Å². The molecule has 2 aliphatic rings. The van der Waals surface area contributed by atoms with Gasteiger partial charge in [-0.05, 0) is 31.2 Å². The van der Waals surface area contributed by atoms with Crippen LogP contribution in [0.4, 0.5) is 4.79 Å². The second-order valence-electron chi connectivity index (χ2n) is 6.45. The molecule has 1 aromatic carbocycles.